The maximum absolute atomic E-state index is 3.59. The highest BCUT2D eigenvalue weighted by Gasteiger charge is 2.20. The van der Waals surface area contributed by atoms with Gasteiger partial charge in [-0.1, -0.05) is 42.5 Å². The van der Waals surface area contributed by atoms with Crippen molar-refractivity contribution >= 4 is 0 Å². The number of piperazine rings is 1. The molecule has 1 saturated carbocycles. The van der Waals surface area contributed by atoms with Gasteiger partial charge in [-0.2, -0.15) is 0 Å². The van der Waals surface area contributed by atoms with E-state index in [0.29, 0.717) is 6.04 Å². The summed E-state index contributed by atoms with van der Waals surface area (Å²) in [5, 5.41) is 3.59. The van der Waals surface area contributed by atoms with Gasteiger partial charge in [0.1, 0.15) is 0 Å². The third-order valence-corrected chi connectivity index (χ3v) is 3.78. The van der Waals surface area contributed by atoms with Gasteiger partial charge in [-0.05, 0) is 24.3 Å². The van der Waals surface area contributed by atoms with E-state index in [1.807, 2.05) is 0 Å². The Morgan fingerprint density at radius 2 is 2.00 bits per heavy atom. The molecule has 0 unspecified atom stereocenters. The fourth-order valence-electron chi connectivity index (χ4n) is 2.54. The van der Waals surface area contributed by atoms with E-state index < -0.39 is 0 Å². The van der Waals surface area contributed by atoms with Gasteiger partial charge in [-0.15, -0.1) is 0 Å². The molecule has 0 aromatic heterocycles. The van der Waals surface area contributed by atoms with E-state index in [1.165, 1.54) is 18.4 Å². The lowest BCUT2D eigenvalue weighted by Crippen LogP contribution is -2.49. The Hall–Kier alpha value is -1.12. The Morgan fingerprint density at radius 1 is 1.17 bits per heavy atom. The van der Waals surface area contributed by atoms with Crippen LogP contribution in [0, 0.1) is 5.92 Å². The molecule has 0 radical (unpaired) electrons. The summed E-state index contributed by atoms with van der Waals surface area (Å²) in [6.07, 6.45) is 7.59. The molecule has 2 fully saturated rings. The van der Waals surface area contributed by atoms with Crippen molar-refractivity contribution in [3.05, 3.63) is 48.0 Å². The summed E-state index contributed by atoms with van der Waals surface area (Å²) in [5.74, 6) is 0.885. The van der Waals surface area contributed by atoms with Crippen molar-refractivity contribution in [2.75, 3.05) is 19.6 Å². The van der Waals surface area contributed by atoms with Gasteiger partial charge in [0.2, 0.25) is 0 Å². The fourth-order valence-corrected chi connectivity index (χ4v) is 2.54. The molecule has 96 valence electrons. The zero-order chi connectivity index (χ0) is 12.2. The second kappa shape index (κ2) is 5.68. The first kappa shape index (κ1) is 11.9. The van der Waals surface area contributed by atoms with Crippen LogP contribution in [0.5, 0.6) is 0 Å². The van der Waals surface area contributed by atoms with E-state index in [4.69, 9.17) is 0 Å². The lowest BCUT2D eigenvalue weighted by molar-refractivity contribution is 0.209. The number of hydrogen-bond donors (Lipinski definition) is 1. The summed E-state index contributed by atoms with van der Waals surface area (Å²) < 4.78 is 0. The van der Waals surface area contributed by atoms with Crippen LogP contribution in [0.3, 0.4) is 0 Å². The fraction of sp³-hybridized carbons (Fsp3) is 0.500. The van der Waals surface area contributed by atoms with Crippen LogP contribution in [0.4, 0.5) is 0 Å². The summed E-state index contributed by atoms with van der Waals surface area (Å²) in [5.41, 5.74) is 1.42. The molecule has 1 aromatic rings. The predicted octanol–water partition coefficient (Wildman–Crippen LogP) is 2.43. The first-order valence-corrected chi connectivity index (χ1v) is 7.08. The normalized spacial score (nSPS) is 25.7. The van der Waals surface area contributed by atoms with Gasteiger partial charge in [0, 0.05) is 32.2 Å². The molecule has 2 aliphatic rings. The molecule has 0 amide bonds. The maximum atomic E-state index is 3.59. The lowest BCUT2D eigenvalue weighted by Gasteiger charge is -2.32. The van der Waals surface area contributed by atoms with Crippen molar-refractivity contribution < 1.29 is 0 Å². The van der Waals surface area contributed by atoms with Crippen LogP contribution in [0.25, 0.3) is 0 Å². The number of hydrogen-bond acceptors (Lipinski definition) is 2. The maximum Gasteiger partial charge on any atom is 0.0379 e. The van der Waals surface area contributed by atoms with Crippen LogP contribution in [0.2, 0.25) is 0 Å². The van der Waals surface area contributed by atoms with Crippen molar-refractivity contribution in [1.29, 1.82) is 0 Å². The van der Waals surface area contributed by atoms with Crippen LogP contribution >= 0.6 is 0 Å². The number of benzene rings is 1. The van der Waals surface area contributed by atoms with Gasteiger partial charge in [0.25, 0.3) is 0 Å². The minimum absolute atomic E-state index is 0.545. The molecule has 0 spiro atoms. The summed E-state index contributed by atoms with van der Waals surface area (Å²) in [4.78, 5) is 2.55. The first-order valence-electron chi connectivity index (χ1n) is 7.08. The molecule has 1 saturated heterocycles. The number of rotatable bonds is 4. The molecular formula is C16H22N2. The van der Waals surface area contributed by atoms with Gasteiger partial charge in [0.05, 0.1) is 0 Å². The van der Waals surface area contributed by atoms with Crippen LogP contribution in [-0.2, 0) is 6.54 Å². The third kappa shape index (κ3) is 3.44. The smallest absolute Gasteiger partial charge is 0.0379 e. The van der Waals surface area contributed by atoms with E-state index in [1.54, 1.807) is 0 Å². The molecule has 3 rings (SSSR count). The summed E-state index contributed by atoms with van der Waals surface area (Å²) in [6.45, 7) is 4.48. The molecule has 1 atom stereocenters. The topological polar surface area (TPSA) is 15.3 Å². The third-order valence-electron chi connectivity index (χ3n) is 3.78. The quantitative estimate of drug-likeness (QED) is 0.816. The molecular weight excluding hydrogens is 220 g/mol. The van der Waals surface area contributed by atoms with E-state index in [0.717, 1.165) is 32.1 Å². The highest BCUT2D eigenvalue weighted by molar-refractivity contribution is 5.15. The van der Waals surface area contributed by atoms with Gasteiger partial charge in [0.15, 0.2) is 0 Å². The number of allylic oxidation sites excluding steroid dienone is 1. The molecule has 2 heteroatoms. The molecule has 1 aromatic carbocycles. The Kier molecular flexibility index (Phi) is 3.77. The average molecular weight is 242 g/mol. The van der Waals surface area contributed by atoms with Gasteiger partial charge in [-0.25, -0.2) is 0 Å². The Labute approximate surface area is 110 Å². The van der Waals surface area contributed by atoms with Crippen molar-refractivity contribution in [3.63, 3.8) is 0 Å². The number of nitrogens with zero attached hydrogens (tertiary/aromatic N) is 1. The van der Waals surface area contributed by atoms with Gasteiger partial charge < -0.3 is 5.32 Å². The van der Waals surface area contributed by atoms with Crippen LogP contribution < -0.4 is 5.32 Å². The highest BCUT2D eigenvalue weighted by atomic mass is 15.2. The molecule has 1 heterocycles. The second-order valence-corrected chi connectivity index (χ2v) is 5.50. The van der Waals surface area contributed by atoms with E-state index in [2.05, 4.69) is 52.7 Å². The molecule has 1 N–H and O–H groups in total. The van der Waals surface area contributed by atoms with E-state index >= 15 is 0 Å². The van der Waals surface area contributed by atoms with E-state index in [9.17, 15) is 0 Å². The summed E-state index contributed by atoms with van der Waals surface area (Å²) >= 11 is 0. The summed E-state index contributed by atoms with van der Waals surface area (Å²) in [6, 6.07) is 11.3. The molecule has 2 nitrogen and oxygen atoms in total. The second-order valence-electron chi connectivity index (χ2n) is 5.50. The summed E-state index contributed by atoms with van der Waals surface area (Å²) in [7, 11) is 0. The van der Waals surface area contributed by atoms with Gasteiger partial charge in [-0.3, -0.25) is 4.90 Å². The minimum Gasteiger partial charge on any atom is -0.308 e. The number of nitrogens with one attached hydrogen (secondary N) is 1. The van der Waals surface area contributed by atoms with Crippen molar-refractivity contribution in [1.82, 2.24) is 10.2 Å². The van der Waals surface area contributed by atoms with Crippen LogP contribution in [0.15, 0.2) is 42.5 Å². The van der Waals surface area contributed by atoms with E-state index in [-0.39, 0.29) is 0 Å². The minimum atomic E-state index is 0.545. The Morgan fingerprint density at radius 3 is 2.78 bits per heavy atom. The van der Waals surface area contributed by atoms with Crippen molar-refractivity contribution in [3.8, 4) is 0 Å². The average Bonchev–Trinajstić information content (AvgIpc) is 3.22. The largest absolute Gasteiger partial charge is 0.308 e. The zero-order valence-corrected chi connectivity index (χ0v) is 10.9. The first-order chi connectivity index (χ1) is 8.90. The lowest BCUT2D eigenvalue weighted by atomic mass is 10.1. The van der Waals surface area contributed by atoms with Crippen molar-refractivity contribution in [2.24, 2.45) is 5.92 Å². The molecule has 1 aliphatic carbocycles. The Bertz CT molecular complexity index is 395. The van der Waals surface area contributed by atoms with Crippen molar-refractivity contribution in [2.45, 2.75) is 25.4 Å². The SMILES string of the molecule is C(=C\[C@@H]1CN(Cc2ccccc2)CCN1)/C1CC1. The molecule has 18 heavy (non-hydrogen) atoms. The monoisotopic (exact) mass is 242 g/mol. The Balaban J connectivity index is 1.53. The molecule has 0 bridgehead atoms. The zero-order valence-electron chi connectivity index (χ0n) is 10.9. The standard InChI is InChI=1S/C16H22N2/c1-2-4-15(5-3-1)12-18-11-10-17-16(13-18)9-8-14-6-7-14/h1-5,8-9,14,16-17H,6-7,10-13H2/b9-8+/t16-/m1/s1. The molecule has 1 aliphatic heterocycles. The predicted molar refractivity (Wildman–Crippen MR) is 75.4 cm³/mol. The van der Waals surface area contributed by atoms with Crippen LogP contribution in [-0.4, -0.2) is 30.6 Å². The van der Waals surface area contributed by atoms with Crippen LogP contribution in [0.1, 0.15) is 18.4 Å². The highest BCUT2D eigenvalue weighted by Crippen LogP contribution is 2.30. The van der Waals surface area contributed by atoms with Gasteiger partial charge >= 0.3 is 0 Å².